The molecule has 2 aliphatic heterocycles. The molecule has 1 atom stereocenters. The molecule has 1 unspecified atom stereocenters. The zero-order chi connectivity index (χ0) is 12.6. The van der Waals surface area contributed by atoms with Crippen molar-refractivity contribution in [1.29, 1.82) is 0 Å². The zero-order valence-electron chi connectivity index (χ0n) is 11.2. The maximum atomic E-state index is 12.1. The number of rotatable bonds is 2. The summed E-state index contributed by atoms with van der Waals surface area (Å²) in [5, 5.41) is 6.40. The lowest BCUT2D eigenvalue weighted by Gasteiger charge is -2.45. The quantitative estimate of drug-likeness (QED) is 0.750. The van der Waals surface area contributed by atoms with Crippen LogP contribution in [0.4, 0.5) is 0 Å². The first-order chi connectivity index (χ1) is 8.02. The molecule has 0 aromatic carbocycles. The van der Waals surface area contributed by atoms with E-state index in [1.54, 1.807) is 0 Å². The van der Waals surface area contributed by atoms with Crippen LogP contribution in [-0.4, -0.2) is 36.5 Å². The zero-order valence-corrected chi connectivity index (χ0v) is 11.2. The monoisotopic (exact) mass is 237 g/mol. The SMILES string of the molecule is CC(C)C1=C(C(C)C)N2CCNCC2C(=O)N1. The van der Waals surface area contributed by atoms with E-state index in [-0.39, 0.29) is 11.9 Å². The lowest BCUT2D eigenvalue weighted by molar-refractivity contribution is -0.127. The second-order valence-corrected chi connectivity index (χ2v) is 5.51. The highest BCUT2D eigenvalue weighted by molar-refractivity contribution is 5.85. The Hall–Kier alpha value is -1.03. The van der Waals surface area contributed by atoms with E-state index < -0.39 is 0 Å². The van der Waals surface area contributed by atoms with Crippen LogP contribution in [0.5, 0.6) is 0 Å². The minimum absolute atomic E-state index is 0.0244. The van der Waals surface area contributed by atoms with Gasteiger partial charge < -0.3 is 15.5 Å². The van der Waals surface area contributed by atoms with Gasteiger partial charge in [0.1, 0.15) is 6.04 Å². The van der Waals surface area contributed by atoms with E-state index in [4.69, 9.17) is 0 Å². The van der Waals surface area contributed by atoms with Crippen molar-refractivity contribution < 1.29 is 4.79 Å². The Morgan fingerprint density at radius 1 is 1.24 bits per heavy atom. The van der Waals surface area contributed by atoms with Crippen molar-refractivity contribution in [2.24, 2.45) is 11.8 Å². The molecule has 4 nitrogen and oxygen atoms in total. The molecule has 96 valence electrons. The predicted octanol–water partition coefficient (Wildman–Crippen LogP) is 0.914. The fourth-order valence-corrected chi connectivity index (χ4v) is 2.74. The summed E-state index contributed by atoms with van der Waals surface area (Å²) < 4.78 is 0. The van der Waals surface area contributed by atoms with Crippen molar-refractivity contribution in [2.75, 3.05) is 19.6 Å². The van der Waals surface area contributed by atoms with Gasteiger partial charge in [-0.15, -0.1) is 0 Å². The van der Waals surface area contributed by atoms with Gasteiger partial charge in [-0.25, -0.2) is 0 Å². The maximum Gasteiger partial charge on any atom is 0.248 e. The van der Waals surface area contributed by atoms with E-state index in [2.05, 4.69) is 43.2 Å². The first kappa shape index (κ1) is 12.4. The molecular formula is C13H23N3O. The van der Waals surface area contributed by atoms with Crippen molar-refractivity contribution in [3.05, 3.63) is 11.4 Å². The molecule has 1 amide bonds. The van der Waals surface area contributed by atoms with E-state index in [1.165, 1.54) is 5.70 Å². The van der Waals surface area contributed by atoms with Crippen LogP contribution in [0.3, 0.4) is 0 Å². The summed E-state index contributed by atoms with van der Waals surface area (Å²) in [6.45, 7) is 11.3. The molecule has 0 radical (unpaired) electrons. The van der Waals surface area contributed by atoms with Crippen molar-refractivity contribution in [2.45, 2.75) is 33.7 Å². The van der Waals surface area contributed by atoms with Gasteiger partial charge in [0, 0.05) is 31.0 Å². The molecule has 2 heterocycles. The summed E-state index contributed by atoms with van der Waals surface area (Å²) in [5.74, 6) is 0.964. The van der Waals surface area contributed by atoms with Gasteiger partial charge in [0.05, 0.1) is 0 Å². The van der Waals surface area contributed by atoms with E-state index in [9.17, 15) is 4.79 Å². The Bertz CT molecular complexity index is 347. The number of carbonyl (C=O) groups excluding carboxylic acids is 1. The van der Waals surface area contributed by atoms with Gasteiger partial charge in [0.2, 0.25) is 5.91 Å². The number of nitrogens with one attached hydrogen (secondary N) is 2. The van der Waals surface area contributed by atoms with Gasteiger partial charge in [0.15, 0.2) is 0 Å². The Labute approximate surface area is 103 Å². The molecule has 17 heavy (non-hydrogen) atoms. The summed E-state index contributed by atoms with van der Waals surface area (Å²) in [4.78, 5) is 14.4. The number of nitrogens with zero attached hydrogens (tertiary/aromatic N) is 1. The minimum Gasteiger partial charge on any atom is -0.359 e. The van der Waals surface area contributed by atoms with Gasteiger partial charge in [0.25, 0.3) is 0 Å². The van der Waals surface area contributed by atoms with Gasteiger partial charge in [-0.3, -0.25) is 4.79 Å². The largest absolute Gasteiger partial charge is 0.359 e. The molecular weight excluding hydrogens is 214 g/mol. The Balaban J connectivity index is 2.41. The molecule has 4 heteroatoms. The lowest BCUT2D eigenvalue weighted by Crippen LogP contribution is -2.61. The highest BCUT2D eigenvalue weighted by Crippen LogP contribution is 2.29. The highest BCUT2D eigenvalue weighted by atomic mass is 16.2. The van der Waals surface area contributed by atoms with Crippen LogP contribution >= 0.6 is 0 Å². The summed E-state index contributed by atoms with van der Waals surface area (Å²) in [7, 11) is 0. The second-order valence-electron chi connectivity index (χ2n) is 5.51. The fraction of sp³-hybridized carbons (Fsp3) is 0.769. The molecule has 0 aliphatic carbocycles. The number of carbonyl (C=O) groups is 1. The third kappa shape index (κ3) is 2.18. The fourth-order valence-electron chi connectivity index (χ4n) is 2.74. The molecule has 2 aliphatic rings. The minimum atomic E-state index is -0.0244. The van der Waals surface area contributed by atoms with Crippen LogP contribution in [0.15, 0.2) is 11.4 Å². The molecule has 0 saturated carbocycles. The molecule has 2 rings (SSSR count). The number of amides is 1. The van der Waals surface area contributed by atoms with Gasteiger partial charge in [-0.05, 0) is 11.8 Å². The number of hydrogen-bond acceptors (Lipinski definition) is 3. The van der Waals surface area contributed by atoms with Crippen molar-refractivity contribution >= 4 is 5.91 Å². The normalized spacial score (nSPS) is 25.4. The summed E-state index contributed by atoms with van der Waals surface area (Å²) in [5.41, 5.74) is 2.44. The van der Waals surface area contributed by atoms with Crippen LogP contribution in [0.1, 0.15) is 27.7 Å². The molecule has 0 aromatic heterocycles. The summed E-state index contributed by atoms with van der Waals surface area (Å²) in [6.07, 6.45) is 0. The van der Waals surface area contributed by atoms with E-state index in [0.29, 0.717) is 11.8 Å². The highest BCUT2D eigenvalue weighted by Gasteiger charge is 2.37. The first-order valence-electron chi connectivity index (χ1n) is 6.54. The molecule has 0 aromatic rings. The van der Waals surface area contributed by atoms with Crippen LogP contribution < -0.4 is 10.6 Å². The van der Waals surface area contributed by atoms with Gasteiger partial charge in [-0.2, -0.15) is 0 Å². The number of allylic oxidation sites excluding steroid dienone is 2. The van der Waals surface area contributed by atoms with Crippen LogP contribution in [0.25, 0.3) is 0 Å². The van der Waals surface area contributed by atoms with E-state index >= 15 is 0 Å². The standard InChI is InChI=1S/C13H23N3O/c1-8(2)11-12(9(3)4)16-6-5-14-7-10(16)13(17)15-11/h8-10,14H,5-7H2,1-4H3,(H,15,17). The maximum absolute atomic E-state index is 12.1. The van der Waals surface area contributed by atoms with Gasteiger partial charge >= 0.3 is 0 Å². The smallest absolute Gasteiger partial charge is 0.248 e. The summed E-state index contributed by atoms with van der Waals surface area (Å²) >= 11 is 0. The van der Waals surface area contributed by atoms with Crippen LogP contribution in [-0.2, 0) is 4.79 Å². The second kappa shape index (κ2) is 4.69. The van der Waals surface area contributed by atoms with Crippen LogP contribution in [0.2, 0.25) is 0 Å². The van der Waals surface area contributed by atoms with Crippen molar-refractivity contribution in [3.8, 4) is 0 Å². The number of hydrogen-bond donors (Lipinski definition) is 2. The van der Waals surface area contributed by atoms with Crippen molar-refractivity contribution in [3.63, 3.8) is 0 Å². The first-order valence-corrected chi connectivity index (χ1v) is 6.54. The average Bonchev–Trinajstić information content (AvgIpc) is 2.28. The Morgan fingerprint density at radius 3 is 2.53 bits per heavy atom. The summed E-state index contributed by atoms with van der Waals surface area (Å²) in [6, 6.07) is -0.0244. The van der Waals surface area contributed by atoms with E-state index in [1.807, 2.05) is 0 Å². The van der Waals surface area contributed by atoms with Crippen LogP contribution in [0, 0.1) is 11.8 Å². The number of fused-ring (bicyclic) bond motifs is 1. The number of piperazine rings is 1. The predicted molar refractivity (Wildman–Crippen MR) is 68.2 cm³/mol. The molecule has 0 spiro atoms. The molecule has 1 fully saturated rings. The Morgan fingerprint density at radius 2 is 1.94 bits per heavy atom. The topological polar surface area (TPSA) is 44.4 Å². The average molecular weight is 237 g/mol. The third-order valence-corrected chi connectivity index (χ3v) is 3.51. The lowest BCUT2D eigenvalue weighted by atomic mass is 9.94. The Kier molecular flexibility index (Phi) is 3.43. The molecule has 1 saturated heterocycles. The van der Waals surface area contributed by atoms with Crippen molar-refractivity contribution in [1.82, 2.24) is 15.5 Å². The third-order valence-electron chi connectivity index (χ3n) is 3.51. The van der Waals surface area contributed by atoms with Gasteiger partial charge in [-0.1, -0.05) is 27.7 Å². The molecule has 2 N–H and O–H groups in total. The molecule has 0 bridgehead atoms. The van der Waals surface area contributed by atoms with E-state index in [0.717, 1.165) is 25.3 Å².